The largest absolute Gasteiger partial charge is 0.346 e. The smallest absolute Gasteiger partial charge is 0.137 e. The standard InChI is InChI=1S/C18H16BrClN4/c19-17-13(8-14(20)9-22-17)11-24-6-3-12(4-7-24)16-10-23-18-15(16)2-1-5-21-18/h1-3,5,8-10H,4,6-7,11H2,(H,21,23). The zero-order valence-electron chi connectivity index (χ0n) is 13.0. The van der Waals surface area contributed by atoms with Crippen LogP contribution in [0.1, 0.15) is 17.5 Å². The molecule has 24 heavy (non-hydrogen) atoms. The predicted molar refractivity (Wildman–Crippen MR) is 101 cm³/mol. The van der Waals surface area contributed by atoms with Crippen LogP contribution >= 0.6 is 27.5 Å². The van der Waals surface area contributed by atoms with Gasteiger partial charge in [0.15, 0.2) is 0 Å². The van der Waals surface area contributed by atoms with Gasteiger partial charge >= 0.3 is 0 Å². The Labute approximate surface area is 153 Å². The summed E-state index contributed by atoms with van der Waals surface area (Å²) in [5.74, 6) is 0. The molecule has 4 heterocycles. The highest BCUT2D eigenvalue weighted by Crippen LogP contribution is 2.29. The molecule has 6 heteroatoms. The lowest BCUT2D eigenvalue weighted by Gasteiger charge is -2.26. The summed E-state index contributed by atoms with van der Waals surface area (Å²) in [6.07, 6.45) is 8.87. The van der Waals surface area contributed by atoms with Crippen LogP contribution in [-0.4, -0.2) is 32.9 Å². The van der Waals surface area contributed by atoms with Crippen molar-refractivity contribution in [3.63, 3.8) is 0 Å². The Morgan fingerprint density at radius 1 is 1.33 bits per heavy atom. The quantitative estimate of drug-likeness (QED) is 0.647. The molecule has 4 nitrogen and oxygen atoms in total. The second kappa shape index (κ2) is 6.67. The molecule has 1 N–H and O–H groups in total. The van der Waals surface area contributed by atoms with Crippen molar-refractivity contribution in [3.05, 3.63) is 63.6 Å². The fourth-order valence-electron chi connectivity index (χ4n) is 3.14. The molecule has 0 radical (unpaired) electrons. The molecule has 0 unspecified atom stereocenters. The van der Waals surface area contributed by atoms with E-state index in [1.54, 1.807) is 6.20 Å². The van der Waals surface area contributed by atoms with Gasteiger partial charge in [-0.05, 0) is 46.1 Å². The first-order valence-electron chi connectivity index (χ1n) is 7.84. The van der Waals surface area contributed by atoms with Crippen molar-refractivity contribution < 1.29 is 0 Å². The van der Waals surface area contributed by atoms with Gasteiger partial charge in [-0.1, -0.05) is 17.7 Å². The third-order valence-corrected chi connectivity index (χ3v) is 5.28. The Bertz CT molecular complexity index is 918. The topological polar surface area (TPSA) is 44.8 Å². The summed E-state index contributed by atoms with van der Waals surface area (Å²) in [6.45, 7) is 2.77. The van der Waals surface area contributed by atoms with Crippen LogP contribution in [0.4, 0.5) is 0 Å². The third-order valence-electron chi connectivity index (χ3n) is 4.36. The fourth-order valence-corrected chi connectivity index (χ4v) is 3.66. The summed E-state index contributed by atoms with van der Waals surface area (Å²) in [4.78, 5) is 14.3. The van der Waals surface area contributed by atoms with Gasteiger partial charge in [-0.3, -0.25) is 4.90 Å². The summed E-state index contributed by atoms with van der Waals surface area (Å²) in [5.41, 5.74) is 4.72. The first-order chi connectivity index (χ1) is 11.7. The maximum atomic E-state index is 6.06. The zero-order chi connectivity index (χ0) is 16.5. The summed E-state index contributed by atoms with van der Waals surface area (Å²) in [5, 5.41) is 1.87. The number of fused-ring (bicyclic) bond motifs is 1. The predicted octanol–water partition coefficient (Wildman–Crippen LogP) is 4.66. The van der Waals surface area contributed by atoms with Gasteiger partial charge in [0, 0.05) is 54.7 Å². The first-order valence-corrected chi connectivity index (χ1v) is 9.01. The van der Waals surface area contributed by atoms with Crippen molar-refractivity contribution in [3.8, 4) is 0 Å². The maximum absolute atomic E-state index is 6.06. The van der Waals surface area contributed by atoms with Crippen LogP contribution in [0.3, 0.4) is 0 Å². The number of nitrogens with zero attached hydrogens (tertiary/aromatic N) is 3. The lowest BCUT2D eigenvalue weighted by molar-refractivity contribution is 0.293. The number of hydrogen-bond acceptors (Lipinski definition) is 3. The summed E-state index contributed by atoms with van der Waals surface area (Å²) >= 11 is 9.56. The highest BCUT2D eigenvalue weighted by molar-refractivity contribution is 9.10. The normalized spacial score (nSPS) is 15.7. The van der Waals surface area contributed by atoms with E-state index in [1.807, 2.05) is 18.3 Å². The van der Waals surface area contributed by atoms with Gasteiger partial charge in [-0.15, -0.1) is 0 Å². The van der Waals surface area contributed by atoms with E-state index in [1.165, 1.54) is 16.5 Å². The van der Waals surface area contributed by atoms with Crippen LogP contribution in [0.15, 0.2) is 47.5 Å². The number of nitrogens with one attached hydrogen (secondary N) is 1. The molecule has 0 saturated carbocycles. The molecule has 3 aromatic heterocycles. The molecule has 4 rings (SSSR count). The van der Waals surface area contributed by atoms with E-state index in [-0.39, 0.29) is 0 Å². The molecule has 0 aliphatic carbocycles. The third kappa shape index (κ3) is 3.11. The van der Waals surface area contributed by atoms with Crippen LogP contribution in [0.2, 0.25) is 5.02 Å². The van der Waals surface area contributed by atoms with Gasteiger partial charge in [-0.2, -0.15) is 0 Å². The lowest BCUT2D eigenvalue weighted by Crippen LogP contribution is -2.28. The highest BCUT2D eigenvalue weighted by Gasteiger charge is 2.17. The van der Waals surface area contributed by atoms with Crippen molar-refractivity contribution in [2.24, 2.45) is 0 Å². The Morgan fingerprint density at radius 2 is 2.25 bits per heavy atom. The second-order valence-corrected chi connectivity index (χ2v) is 7.11. The Hall–Kier alpha value is -1.69. The SMILES string of the molecule is Clc1cnc(Br)c(CN2CC=C(c3c[nH]c4ncccc34)CC2)c1. The second-order valence-electron chi connectivity index (χ2n) is 5.92. The van der Waals surface area contributed by atoms with E-state index in [0.29, 0.717) is 5.02 Å². The van der Waals surface area contributed by atoms with E-state index in [4.69, 9.17) is 11.6 Å². The molecular weight excluding hydrogens is 388 g/mol. The minimum Gasteiger partial charge on any atom is -0.346 e. The van der Waals surface area contributed by atoms with E-state index in [9.17, 15) is 0 Å². The Kier molecular flexibility index (Phi) is 4.39. The maximum Gasteiger partial charge on any atom is 0.137 e. The van der Waals surface area contributed by atoms with Crippen molar-refractivity contribution in [2.45, 2.75) is 13.0 Å². The molecule has 0 saturated heterocycles. The number of H-pyrrole nitrogens is 1. The molecule has 3 aromatic rings. The summed E-state index contributed by atoms with van der Waals surface area (Å²) < 4.78 is 0.865. The fraction of sp³-hybridized carbons (Fsp3) is 0.222. The van der Waals surface area contributed by atoms with Crippen LogP contribution in [0.5, 0.6) is 0 Å². The molecular formula is C18H16BrClN4. The van der Waals surface area contributed by atoms with Gasteiger partial charge in [0.1, 0.15) is 10.3 Å². The van der Waals surface area contributed by atoms with Crippen molar-refractivity contribution in [2.75, 3.05) is 13.1 Å². The Morgan fingerprint density at radius 3 is 3.08 bits per heavy atom. The summed E-state index contributed by atoms with van der Waals surface area (Å²) in [7, 11) is 0. The monoisotopic (exact) mass is 402 g/mol. The average molecular weight is 404 g/mol. The number of pyridine rings is 2. The van der Waals surface area contributed by atoms with Crippen molar-refractivity contribution >= 4 is 44.1 Å². The average Bonchev–Trinajstić information content (AvgIpc) is 3.03. The highest BCUT2D eigenvalue weighted by atomic mass is 79.9. The minimum atomic E-state index is 0.674. The zero-order valence-corrected chi connectivity index (χ0v) is 15.3. The van der Waals surface area contributed by atoms with E-state index in [0.717, 1.165) is 41.9 Å². The van der Waals surface area contributed by atoms with E-state index in [2.05, 4.69) is 54.1 Å². The minimum absolute atomic E-state index is 0.674. The van der Waals surface area contributed by atoms with Gasteiger partial charge in [0.2, 0.25) is 0 Å². The molecule has 1 aliphatic rings. The molecule has 122 valence electrons. The number of hydrogen-bond donors (Lipinski definition) is 1. The first kappa shape index (κ1) is 15.8. The molecule has 0 atom stereocenters. The van der Waals surface area contributed by atoms with E-state index >= 15 is 0 Å². The van der Waals surface area contributed by atoms with Gasteiger partial charge in [-0.25, -0.2) is 9.97 Å². The van der Waals surface area contributed by atoms with Gasteiger partial charge in [0.25, 0.3) is 0 Å². The number of rotatable bonds is 3. The molecule has 0 bridgehead atoms. The Balaban J connectivity index is 1.52. The molecule has 0 amide bonds. The van der Waals surface area contributed by atoms with Gasteiger partial charge < -0.3 is 4.98 Å². The van der Waals surface area contributed by atoms with Gasteiger partial charge in [0.05, 0.1) is 5.02 Å². The van der Waals surface area contributed by atoms with Crippen molar-refractivity contribution in [1.82, 2.24) is 19.9 Å². The summed E-state index contributed by atoms with van der Waals surface area (Å²) in [6, 6.07) is 6.08. The van der Waals surface area contributed by atoms with E-state index < -0.39 is 0 Å². The van der Waals surface area contributed by atoms with Crippen LogP contribution in [0, 0.1) is 0 Å². The molecule has 0 aromatic carbocycles. The number of aromatic amines is 1. The van der Waals surface area contributed by atoms with Crippen LogP contribution in [-0.2, 0) is 6.54 Å². The number of halogens is 2. The number of aromatic nitrogens is 3. The van der Waals surface area contributed by atoms with Crippen LogP contribution < -0.4 is 0 Å². The molecule has 0 spiro atoms. The van der Waals surface area contributed by atoms with Crippen LogP contribution in [0.25, 0.3) is 16.6 Å². The molecule has 1 aliphatic heterocycles. The lowest BCUT2D eigenvalue weighted by atomic mass is 9.99. The molecule has 0 fully saturated rings. The van der Waals surface area contributed by atoms with Crippen molar-refractivity contribution in [1.29, 1.82) is 0 Å².